The number of benzene rings is 1. The van der Waals surface area contributed by atoms with Crippen molar-refractivity contribution in [3.63, 3.8) is 0 Å². The van der Waals surface area contributed by atoms with Gasteiger partial charge in [-0.25, -0.2) is 9.97 Å². The lowest BCUT2D eigenvalue weighted by molar-refractivity contribution is 0.0921. The number of methoxy groups -OCH3 is 2. The minimum Gasteiger partial charge on any atom is -0.493 e. The Morgan fingerprint density at radius 3 is 2.43 bits per heavy atom. The van der Waals surface area contributed by atoms with Gasteiger partial charge in [0.1, 0.15) is 17.8 Å². The second-order valence-corrected chi connectivity index (χ2v) is 7.45. The topological polar surface area (TPSA) is 94.4 Å². The number of amides is 1. The number of nitrogens with zero attached hydrogens (tertiary/aromatic N) is 5. The lowest BCUT2D eigenvalue weighted by Gasteiger charge is -2.33. The molecule has 1 N–H and O–H groups in total. The highest BCUT2D eigenvalue weighted by atomic mass is 16.5. The number of nitrogens with one attached hydrogen (secondary N) is 1. The Hall–Kier alpha value is -3.36. The molecule has 9 heteroatoms. The quantitative estimate of drug-likeness (QED) is 0.688. The van der Waals surface area contributed by atoms with E-state index in [-0.39, 0.29) is 11.9 Å². The number of rotatable bonds is 5. The fourth-order valence-electron chi connectivity index (χ4n) is 3.94. The van der Waals surface area contributed by atoms with Crippen LogP contribution in [0.25, 0.3) is 10.9 Å². The van der Waals surface area contributed by atoms with Crippen LogP contribution < -0.4 is 19.7 Å². The van der Waals surface area contributed by atoms with Gasteiger partial charge < -0.3 is 19.7 Å². The van der Waals surface area contributed by atoms with Crippen LogP contribution in [0.4, 0.5) is 5.82 Å². The van der Waals surface area contributed by atoms with E-state index < -0.39 is 0 Å². The van der Waals surface area contributed by atoms with Crippen molar-refractivity contribution in [3.05, 3.63) is 35.9 Å². The van der Waals surface area contributed by atoms with Gasteiger partial charge in [0.05, 0.1) is 25.4 Å². The molecular formula is C21H26N6O3. The Bertz CT molecular complexity index is 1070. The minimum absolute atomic E-state index is 0.0825. The number of aromatic nitrogens is 4. The van der Waals surface area contributed by atoms with E-state index in [1.165, 1.54) is 0 Å². The highest BCUT2D eigenvalue weighted by Gasteiger charge is 2.24. The maximum absolute atomic E-state index is 12.6. The normalized spacial score (nSPS) is 14.7. The highest BCUT2D eigenvalue weighted by Crippen LogP contribution is 2.35. The summed E-state index contributed by atoms with van der Waals surface area (Å²) in [4.78, 5) is 23.7. The standard InChI is InChI=1S/C21H26N6O3/c1-13-9-17(26(2)25-13)21(28)24-14-5-7-27(8-6-14)20-15-10-18(29-3)19(30-4)11-16(15)22-12-23-20/h9-12,14H,5-8H2,1-4H3,(H,24,28). The highest BCUT2D eigenvalue weighted by molar-refractivity contribution is 5.93. The fourth-order valence-corrected chi connectivity index (χ4v) is 3.94. The molecule has 9 nitrogen and oxygen atoms in total. The molecule has 0 atom stereocenters. The van der Waals surface area contributed by atoms with Crippen LogP contribution in [0, 0.1) is 6.92 Å². The van der Waals surface area contributed by atoms with Crippen LogP contribution in [-0.2, 0) is 7.05 Å². The summed E-state index contributed by atoms with van der Waals surface area (Å²) >= 11 is 0. The molecule has 3 aromatic rings. The number of ether oxygens (including phenoxy) is 2. The molecule has 2 aromatic heterocycles. The number of hydrogen-bond donors (Lipinski definition) is 1. The van der Waals surface area contributed by atoms with E-state index in [4.69, 9.17) is 9.47 Å². The average molecular weight is 410 g/mol. The molecule has 0 radical (unpaired) electrons. The number of carbonyl (C=O) groups is 1. The van der Waals surface area contributed by atoms with Gasteiger partial charge in [0.15, 0.2) is 11.5 Å². The lowest BCUT2D eigenvalue weighted by Crippen LogP contribution is -2.45. The van der Waals surface area contributed by atoms with Gasteiger partial charge in [-0.1, -0.05) is 0 Å². The van der Waals surface area contributed by atoms with Gasteiger partial charge in [-0.3, -0.25) is 9.48 Å². The predicted molar refractivity (Wildman–Crippen MR) is 113 cm³/mol. The molecule has 0 unspecified atom stereocenters. The van der Waals surface area contributed by atoms with Gasteiger partial charge >= 0.3 is 0 Å². The molecule has 0 spiro atoms. The molecule has 158 valence electrons. The molecule has 1 amide bonds. The Labute approximate surface area is 175 Å². The molecule has 3 heterocycles. The van der Waals surface area contributed by atoms with Gasteiger partial charge in [0.25, 0.3) is 5.91 Å². The summed E-state index contributed by atoms with van der Waals surface area (Å²) < 4.78 is 12.4. The number of carbonyl (C=O) groups excluding carboxylic acids is 1. The summed E-state index contributed by atoms with van der Waals surface area (Å²) in [6.45, 7) is 3.46. The summed E-state index contributed by atoms with van der Waals surface area (Å²) in [5, 5.41) is 8.30. The first-order chi connectivity index (χ1) is 14.5. The molecule has 4 rings (SSSR count). The zero-order chi connectivity index (χ0) is 21.3. The maximum Gasteiger partial charge on any atom is 0.269 e. The molecule has 30 heavy (non-hydrogen) atoms. The van der Waals surface area contributed by atoms with E-state index in [0.29, 0.717) is 17.2 Å². The number of aryl methyl sites for hydroxylation is 2. The van der Waals surface area contributed by atoms with Crippen LogP contribution in [0.2, 0.25) is 0 Å². The lowest BCUT2D eigenvalue weighted by atomic mass is 10.0. The van der Waals surface area contributed by atoms with Crippen molar-refractivity contribution in [2.24, 2.45) is 7.05 Å². The Morgan fingerprint density at radius 2 is 1.80 bits per heavy atom. The minimum atomic E-state index is -0.0825. The van der Waals surface area contributed by atoms with Crippen molar-refractivity contribution >= 4 is 22.6 Å². The molecule has 1 aliphatic rings. The third-order valence-corrected chi connectivity index (χ3v) is 5.48. The summed E-state index contributed by atoms with van der Waals surface area (Å²) in [5.41, 5.74) is 2.22. The first kappa shape index (κ1) is 19.9. The van der Waals surface area contributed by atoms with E-state index >= 15 is 0 Å². The summed E-state index contributed by atoms with van der Waals surface area (Å²) in [6.07, 6.45) is 3.24. The molecule has 1 saturated heterocycles. The summed E-state index contributed by atoms with van der Waals surface area (Å²) in [7, 11) is 5.01. The maximum atomic E-state index is 12.6. The zero-order valence-electron chi connectivity index (χ0n) is 17.7. The van der Waals surface area contributed by atoms with Crippen LogP contribution in [0.5, 0.6) is 11.5 Å². The number of piperidine rings is 1. The monoisotopic (exact) mass is 410 g/mol. The van der Waals surface area contributed by atoms with Crippen LogP contribution in [0.1, 0.15) is 29.0 Å². The van der Waals surface area contributed by atoms with Crippen LogP contribution >= 0.6 is 0 Å². The predicted octanol–water partition coefficient (Wildman–Crippen LogP) is 2.09. The molecule has 1 aliphatic heterocycles. The number of hydrogen-bond acceptors (Lipinski definition) is 7. The van der Waals surface area contributed by atoms with E-state index in [1.807, 2.05) is 19.1 Å². The number of fused-ring (bicyclic) bond motifs is 1. The SMILES string of the molecule is COc1cc2ncnc(N3CCC(NC(=O)c4cc(C)nn4C)CC3)c2cc1OC. The molecule has 1 aromatic carbocycles. The van der Waals surface area contributed by atoms with E-state index in [2.05, 4.69) is 25.3 Å². The third-order valence-electron chi connectivity index (χ3n) is 5.48. The van der Waals surface area contributed by atoms with Crippen LogP contribution in [-0.4, -0.2) is 59.0 Å². The van der Waals surface area contributed by atoms with Gasteiger partial charge in [-0.2, -0.15) is 5.10 Å². The first-order valence-corrected chi connectivity index (χ1v) is 9.93. The average Bonchev–Trinajstić information content (AvgIpc) is 3.10. The van der Waals surface area contributed by atoms with Crippen molar-refractivity contribution in [2.75, 3.05) is 32.2 Å². The summed E-state index contributed by atoms with van der Waals surface area (Å²) in [5.74, 6) is 2.07. The van der Waals surface area contributed by atoms with E-state index in [9.17, 15) is 4.79 Å². The van der Waals surface area contributed by atoms with Crippen molar-refractivity contribution < 1.29 is 14.3 Å². The Morgan fingerprint density at radius 1 is 1.10 bits per heavy atom. The van der Waals surface area contributed by atoms with Gasteiger partial charge in [-0.05, 0) is 31.9 Å². The van der Waals surface area contributed by atoms with Gasteiger partial charge in [0, 0.05) is 37.6 Å². The largest absolute Gasteiger partial charge is 0.493 e. The smallest absolute Gasteiger partial charge is 0.269 e. The third kappa shape index (κ3) is 3.74. The van der Waals surface area contributed by atoms with Crippen LogP contribution in [0.3, 0.4) is 0 Å². The summed E-state index contributed by atoms with van der Waals surface area (Å²) in [6, 6.07) is 5.70. The van der Waals surface area contributed by atoms with E-state index in [0.717, 1.165) is 48.3 Å². The molecule has 1 fully saturated rings. The molecule has 0 bridgehead atoms. The van der Waals surface area contributed by atoms with Crippen molar-refractivity contribution in [2.45, 2.75) is 25.8 Å². The Kier molecular flexibility index (Phi) is 5.43. The molecular weight excluding hydrogens is 384 g/mol. The second-order valence-electron chi connectivity index (χ2n) is 7.45. The number of anilines is 1. The molecule has 0 saturated carbocycles. The fraction of sp³-hybridized carbons (Fsp3) is 0.429. The van der Waals surface area contributed by atoms with Crippen molar-refractivity contribution in [3.8, 4) is 11.5 Å². The Balaban J connectivity index is 1.48. The van der Waals surface area contributed by atoms with E-state index in [1.54, 1.807) is 38.3 Å². The van der Waals surface area contributed by atoms with Gasteiger partial charge in [0.2, 0.25) is 0 Å². The van der Waals surface area contributed by atoms with Crippen molar-refractivity contribution in [1.29, 1.82) is 0 Å². The zero-order valence-corrected chi connectivity index (χ0v) is 17.7. The van der Waals surface area contributed by atoms with Crippen molar-refractivity contribution in [1.82, 2.24) is 25.1 Å². The van der Waals surface area contributed by atoms with Crippen LogP contribution in [0.15, 0.2) is 24.5 Å². The second kappa shape index (κ2) is 8.17. The first-order valence-electron chi connectivity index (χ1n) is 9.93. The molecule has 0 aliphatic carbocycles. The van der Waals surface area contributed by atoms with Gasteiger partial charge in [-0.15, -0.1) is 0 Å².